The van der Waals surface area contributed by atoms with Crippen LogP contribution >= 0.6 is 0 Å². The van der Waals surface area contributed by atoms with Gasteiger partial charge in [0, 0.05) is 19.7 Å². The standard InChI is InChI=1S/C16H17NO4/c1-11-13(9-10-20-11)16(19)21-14(15(18)17(2)3)12-7-5-4-6-8-12/h4-10,14H,1-3H3. The molecule has 0 saturated carbocycles. The minimum atomic E-state index is -0.969. The van der Waals surface area contributed by atoms with Crippen molar-refractivity contribution < 1.29 is 18.7 Å². The molecule has 21 heavy (non-hydrogen) atoms. The summed E-state index contributed by atoms with van der Waals surface area (Å²) < 4.78 is 10.5. The van der Waals surface area contributed by atoms with E-state index in [1.165, 1.54) is 17.2 Å². The molecule has 0 aliphatic heterocycles. The van der Waals surface area contributed by atoms with E-state index in [9.17, 15) is 9.59 Å². The van der Waals surface area contributed by atoms with Crippen molar-refractivity contribution in [3.05, 3.63) is 59.5 Å². The molecule has 2 aromatic rings. The van der Waals surface area contributed by atoms with Crippen LogP contribution in [0.3, 0.4) is 0 Å². The van der Waals surface area contributed by atoms with Crippen LogP contribution in [-0.2, 0) is 9.53 Å². The van der Waals surface area contributed by atoms with Crippen molar-refractivity contribution in [2.75, 3.05) is 14.1 Å². The second kappa shape index (κ2) is 6.26. The van der Waals surface area contributed by atoms with Crippen LogP contribution in [-0.4, -0.2) is 30.9 Å². The lowest BCUT2D eigenvalue weighted by molar-refractivity contribution is -0.138. The van der Waals surface area contributed by atoms with Crippen molar-refractivity contribution in [1.82, 2.24) is 4.90 Å². The Morgan fingerprint density at radius 1 is 1.14 bits per heavy atom. The summed E-state index contributed by atoms with van der Waals surface area (Å²) in [6.07, 6.45) is 0.444. The van der Waals surface area contributed by atoms with E-state index in [1.807, 2.05) is 6.07 Å². The van der Waals surface area contributed by atoms with E-state index in [4.69, 9.17) is 9.15 Å². The highest BCUT2D eigenvalue weighted by Crippen LogP contribution is 2.22. The molecule has 0 spiro atoms. The van der Waals surface area contributed by atoms with Crippen LogP contribution in [0.4, 0.5) is 0 Å². The third kappa shape index (κ3) is 3.31. The molecular formula is C16H17NO4. The second-order valence-electron chi connectivity index (χ2n) is 4.82. The number of carbonyl (C=O) groups excluding carboxylic acids is 2. The Kier molecular flexibility index (Phi) is 4.42. The first-order chi connectivity index (χ1) is 10.0. The van der Waals surface area contributed by atoms with E-state index in [2.05, 4.69) is 0 Å². The fraction of sp³-hybridized carbons (Fsp3) is 0.250. The number of ether oxygens (including phenoxy) is 1. The summed E-state index contributed by atoms with van der Waals surface area (Å²) >= 11 is 0. The predicted octanol–water partition coefficient (Wildman–Crippen LogP) is 2.57. The molecule has 0 fully saturated rings. The van der Waals surface area contributed by atoms with Gasteiger partial charge in [0.2, 0.25) is 6.10 Å². The molecular weight excluding hydrogens is 270 g/mol. The van der Waals surface area contributed by atoms with Crippen LogP contribution in [0.1, 0.15) is 27.8 Å². The number of aryl methyl sites for hydroxylation is 1. The molecule has 0 radical (unpaired) electrons. The van der Waals surface area contributed by atoms with Gasteiger partial charge in [0.15, 0.2) is 0 Å². The van der Waals surface area contributed by atoms with Gasteiger partial charge in [-0.05, 0) is 13.0 Å². The van der Waals surface area contributed by atoms with Gasteiger partial charge in [-0.2, -0.15) is 0 Å². The Morgan fingerprint density at radius 3 is 2.33 bits per heavy atom. The van der Waals surface area contributed by atoms with E-state index in [0.29, 0.717) is 16.9 Å². The molecule has 1 heterocycles. The van der Waals surface area contributed by atoms with Gasteiger partial charge in [-0.1, -0.05) is 30.3 Å². The van der Waals surface area contributed by atoms with Gasteiger partial charge in [-0.15, -0.1) is 0 Å². The van der Waals surface area contributed by atoms with Crippen LogP contribution in [0.5, 0.6) is 0 Å². The fourth-order valence-corrected chi connectivity index (χ4v) is 1.89. The van der Waals surface area contributed by atoms with Gasteiger partial charge in [-0.3, -0.25) is 4.79 Å². The van der Waals surface area contributed by atoms with Crippen LogP contribution in [0.2, 0.25) is 0 Å². The summed E-state index contributed by atoms with van der Waals surface area (Å²) in [7, 11) is 3.24. The van der Waals surface area contributed by atoms with Crippen molar-refractivity contribution in [2.45, 2.75) is 13.0 Å². The number of carbonyl (C=O) groups is 2. The van der Waals surface area contributed by atoms with E-state index >= 15 is 0 Å². The molecule has 0 N–H and O–H groups in total. The number of likely N-dealkylation sites (N-methyl/N-ethyl adjacent to an activating group) is 1. The zero-order chi connectivity index (χ0) is 15.4. The molecule has 2 rings (SSSR count). The van der Waals surface area contributed by atoms with Gasteiger partial charge >= 0.3 is 5.97 Å². The van der Waals surface area contributed by atoms with Crippen LogP contribution in [0, 0.1) is 6.92 Å². The van der Waals surface area contributed by atoms with Gasteiger partial charge in [0.05, 0.1) is 6.26 Å². The zero-order valence-corrected chi connectivity index (χ0v) is 12.2. The van der Waals surface area contributed by atoms with Gasteiger partial charge in [0.1, 0.15) is 11.3 Å². The Hall–Kier alpha value is -2.56. The normalized spacial score (nSPS) is 11.8. The Balaban J connectivity index is 2.27. The quantitative estimate of drug-likeness (QED) is 0.811. The largest absolute Gasteiger partial charge is 0.469 e. The highest BCUT2D eigenvalue weighted by atomic mass is 16.5. The fourth-order valence-electron chi connectivity index (χ4n) is 1.89. The molecule has 1 aromatic heterocycles. The molecule has 1 aromatic carbocycles. The molecule has 1 atom stereocenters. The molecule has 1 unspecified atom stereocenters. The average Bonchev–Trinajstić information content (AvgIpc) is 2.91. The molecule has 110 valence electrons. The number of nitrogens with zero attached hydrogens (tertiary/aromatic N) is 1. The third-order valence-electron chi connectivity index (χ3n) is 3.07. The lowest BCUT2D eigenvalue weighted by Gasteiger charge is -2.21. The zero-order valence-electron chi connectivity index (χ0n) is 12.2. The second-order valence-corrected chi connectivity index (χ2v) is 4.82. The third-order valence-corrected chi connectivity index (χ3v) is 3.07. The smallest absolute Gasteiger partial charge is 0.342 e. The van der Waals surface area contributed by atoms with E-state index in [1.54, 1.807) is 45.3 Å². The first kappa shape index (κ1) is 14.8. The van der Waals surface area contributed by atoms with Crippen molar-refractivity contribution in [2.24, 2.45) is 0 Å². The maximum atomic E-state index is 12.3. The van der Waals surface area contributed by atoms with Crippen LogP contribution in [0.15, 0.2) is 47.1 Å². The monoisotopic (exact) mass is 287 g/mol. The lowest BCUT2D eigenvalue weighted by Crippen LogP contribution is -2.31. The number of furan rings is 1. The Bertz CT molecular complexity index is 631. The summed E-state index contributed by atoms with van der Waals surface area (Å²) in [6, 6.07) is 10.5. The minimum Gasteiger partial charge on any atom is -0.469 e. The molecule has 0 aliphatic carbocycles. The van der Waals surface area contributed by atoms with Gasteiger partial charge < -0.3 is 14.1 Å². The molecule has 0 aliphatic rings. The van der Waals surface area contributed by atoms with Crippen molar-refractivity contribution in [3.8, 4) is 0 Å². The van der Waals surface area contributed by atoms with E-state index in [-0.39, 0.29) is 5.91 Å². The van der Waals surface area contributed by atoms with Gasteiger partial charge in [0.25, 0.3) is 5.91 Å². The summed E-state index contributed by atoms with van der Waals surface area (Å²) in [4.78, 5) is 25.8. The first-order valence-corrected chi connectivity index (χ1v) is 6.52. The summed E-state index contributed by atoms with van der Waals surface area (Å²) in [5.74, 6) is -0.412. The van der Waals surface area contributed by atoms with Crippen molar-refractivity contribution in [3.63, 3.8) is 0 Å². The maximum Gasteiger partial charge on any atom is 0.342 e. The topological polar surface area (TPSA) is 59.8 Å². The SMILES string of the molecule is Cc1occc1C(=O)OC(C(=O)N(C)C)c1ccccc1. The highest BCUT2D eigenvalue weighted by molar-refractivity contribution is 5.93. The van der Waals surface area contributed by atoms with Crippen molar-refractivity contribution in [1.29, 1.82) is 0 Å². The highest BCUT2D eigenvalue weighted by Gasteiger charge is 2.27. The summed E-state index contributed by atoms with van der Waals surface area (Å²) in [5.41, 5.74) is 0.952. The maximum absolute atomic E-state index is 12.3. The van der Waals surface area contributed by atoms with Crippen molar-refractivity contribution >= 4 is 11.9 Å². The Labute approximate surface area is 123 Å². The van der Waals surface area contributed by atoms with Crippen LogP contribution in [0.25, 0.3) is 0 Å². The minimum absolute atomic E-state index is 0.296. The molecule has 1 amide bonds. The molecule has 0 bridgehead atoms. The number of hydrogen-bond donors (Lipinski definition) is 0. The number of amides is 1. The van der Waals surface area contributed by atoms with E-state index < -0.39 is 12.1 Å². The lowest BCUT2D eigenvalue weighted by atomic mass is 10.1. The number of rotatable bonds is 4. The number of benzene rings is 1. The molecule has 0 saturated heterocycles. The molecule has 5 heteroatoms. The summed E-state index contributed by atoms with van der Waals surface area (Å²) in [6.45, 7) is 1.67. The first-order valence-electron chi connectivity index (χ1n) is 6.52. The average molecular weight is 287 g/mol. The predicted molar refractivity (Wildman–Crippen MR) is 76.7 cm³/mol. The van der Waals surface area contributed by atoms with E-state index in [0.717, 1.165) is 0 Å². The van der Waals surface area contributed by atoms with Crippen LogP contribution < -0.4 is 0 Å². The Morgan fingerprint density at radius 2 is 1.81 bits per heavy atom. The molecule has 5 nitrogen and oxygen atoms in total. The summed E-state index contributed by atoms with van der Waals surface area (Å²) in [5, 5.41) is 0. The van der Waals surface area contributed by atoms with Gasteiger partial charge in [-0.25, -0.2) is 4.79 Å². The number of esters is 1. The number of hydrogen-bond acceptors (Lipinski definition) is 4.